The summed E-state index contributed by atoms with van der Waals surface area (Å²) in [6, 6.07) is 6.58. The summed E-state index contributed by atoms with van der Waals surface area (Å²) in [6.45, 7) is 1.48. The van der Waals surface area contributed by atoms with Crippen molar-refractivity contribution < 1.29 is 9.13 Å². The van der Waals surface area contributed by atoms with E-state index in [9.17, 15) is 4.39 Å². The van der Waals surface area contributed by atoms with E-state index in [-0.39, 0.29) is 11.6 Å². The van der Waals surface area contributed by atoms with Crippen LogP contribution in [-0.2, 0) is 6.54 Å². The Kier molecular flexibility index (Phi) is 3.59. The number of nitrogens with zero attached hydrogens (tertiary/aromatic N) is 2. The van der Waals surface area contributed by atoms with Crippen LogP contribution in [0.2, 0.25) is 0 Å². The average Bonchev–Trinajstić information content (AvgIpc) is 2.84. The summed E-state index contributed by atoms with van der Waals surface area (Å²) < 4.78 is 19.9. The second-order valence-electron chi connectivity index (χ2n) is 3.55. The maximum Gasteiger partial charge on any atom is 0.165 e. The molecular weight excluding hydrogens is 221 g/mol. The predicted molar refractivity (Wildman–Crippen MR) is 63.7 cm³/mol. The first kappa shape index (κ1) is 11.4. The molecule has 17 heavy (non-hydrogen) atoms. The van der Waals surface area contributed by atoms with Crippen LogP contribution in [0.1, 0.15) is 0 Å². The molecule has 0 aliphatic rings. The number of aromatic nitrogens is 2. The van der Waals surface area contributed by atoms with Crippen LogP contribution in [-0.4, -0.2) is 23.4 Å². The maximum absolute atomic E-state index is 13.1. The first-order valence-corrected chi connectivity index (χ1v) is 5.34. The SMILES string of the molecule is COc1cc(NCCn2cccn2)ccc1F. The molecule has 0 fully saturated rings. The van der Waals surface area contributed by atoms with E-state index in [1.54, 1.807) is 18.3 Å². The van der Waals surface area contributed by atoms with Gasteiger partial charge in [0.1, 0.15) is 0 Å². The van der Waals surface area contributed by atoms with Gasteiger partial charge in [-0.25, -0.2) is 4.39 Å². The summed E-state index contributed by atoms with van der Waals surface area (Å²) in [6.07, 6.45) is 3.63. The second kappa shape index (κ2) is 5.34. The van der Waals surface area contributed by atoms with Crippen LogP contribution in [0.15, 0.2) is 36.7 Å². The van der Waals surface area contributed by atoms with Crippen molar-refractivity contribution in [3.05, 3.63) is 42.5 Å². The van der Waals surface area contributed by atoms with Crippen molar-refractivity contribution in [3.63, 3.8) is 0 Å². The highest BCUT2D eigenvalue weighted by atomic mass is 19.1. The Hall–Kier alpha value is -2.04. The first-order chi connectivity index (χ1) is 8.29. The van der Waals surface area contributed by atoms with Gasteiger partial charge in [0.15, 0.2) is 11.6 Å². The van der Waals surface area contributed by atoms with E-state index in [0.717, 1.165) is 18.8 Å². The van der Waals surface area contributed by atoms with Gasteiger partial charge in [0.2, 0.25) is 0 Å². The summed E-state index contributed by atoms with van der Waals surface area (Å²) in [5.41, 5.74) is 0.829. The molecule has 0 spiro atoms. The zero-order valence-electron chi connectivity index (χ0n) is 9.56. The van der Waals surface area contributed by atoms with E-state index < -0.39 is 0 Å². The molecule has 1 aromatic heterocycles. The fraction of sp³-hybridized carbons (Fsp3) is 0.250. The molecule has 1 aromatic carbocycles. The van der Waals surface area contributed by atoms with E-state index in [0.29, 0.717) is 0 Å². The van der Waals surface area contributed by atoms with Gasteiger partial charge in [-0.3, -0.25) is 4.68 Å². The van der Waals surface area contributed by atoms with E-state index in [2.05, 4.69) is 10.4 Å². The lowest BCUT2D eigenvalue weighted by Crippen LogP contribution is -2.10. The molecule has 2 aromatic rings. The van der Waals surface area contributed by atoms with Crippen molar-refractivity contribution in [2.75, 3.05) is 19.0 Å². The minimum atomic E-state index is -0.356. The van der Waals surface area contributed by atoms with Gasteiger partial charge in [-0.15, -0.1) is 0 Å². The number of anilines is 1. The normalized spacial score (nSPS) is 10.2. The van der Waals surface area contributed by atoms with Gasteiger partial charge in [0, 0.05) is 30.7 Å². The lowest BCUT2D eigenvalue weighted by Gasteiger charge is -2.08. The van der Waals surface area contributed by atoms with Gasteiger partial charge in [0.05, 0.1) is 13.7 Å². The standard InChI is InChI=1S/C12H14FN3O/c1-17-12-9-10(3-4-11(12)13)14-6-8-16-7-2-5-15-16/h2-5,7,9,14H,6,8H2,1H3. The van der Waals surface area contributed by atoms with Crippen LogP contribution in [0, 0.1) is 5.82 Å². The van der Waals surface area contributed by atoms with E-state index in [1.165, 1.54) is 13.2 Å². The number of ether oxygens (including phenoxy) is 1. The largest absolute Gasteiger partial charge is 0.494 e. The monoisotopic (exact) mass is 235 g/mol. The van der Waals surface area contributed by atoms with Gasteiger partial charge in [-0.2, -0.15) is 5.10 Å². The second-order valence-corrected chi connectivity index (χ2v) is 3.55. The number of halogens is 1. The zero-order valence-corrected chi connectivity index (χ0v) is 9.56. The highest BCUT2D eigenvalue weighted by molar-refractivity contribution is 5.48. The summed E-state index contributed by atoms with van der Waals surface area (Å²) in [4.78, 5) is 0. The molecule has 4 nitrogen and oxygen atoms in total. The quantitative estimate of drug-likeness (QED) is 0.863. The molecule has 1 N–H and O–H groups in total. The van der Waals surface area contributed by atoms with Gasteiger partial charge in [-0.1, -0.05) is 0 Å². The van der Waals surface area contributed by atoms with Crippen LogP contribution in [0.25, 0.3) is 0 Å². The lowest BCUT2D eigenvalue weighted by atomic mass is 10.3. The molecule has 90 valence electrons. The summed E-state index contributed by atoms with van der Waals surface area (Å²) in [5.74, 6) is -0.112. The first-order valence-electron chi connectivity index (χ1n) is 5.34. The van der Waals surface area contributed by atoms with Crippen LogP contribution >= 0.6 is 0 Å². The molecule has 2 rings (SSSR count). The minimum Gasteiger partial charge on any atom is -0.494 e. The van der Waals surface area contributed by atoms with Crippen molar-refractivity contribution in [2.24, 2.45) is 0 Å². The molecule has 0 aliphatic carbocycles. The Morgan fingerprint density at radius 1 is 1.47 bits per heavy atom. The third-order valence-corrected chi connectivity index (χ3v) is 2.38. The maximum atomic E-state index is 13.1. The molecule has 1 heterocycles. The van der Waals surface area contributed by atoms with Crippen molar-refractivity contribution in [2.45, 2.75) is 6.54 Å². The van der Waals surface area contributed by atoms with Crippen LogP contribution < -0.4 is 10.1 Å². The Morgan fingerprint density at radius 3 is 3.06 bits per heavy atom. The Balaban J connectivity index is 1.90. The molecule has 0 atom stereocenters. The molecule has 0 unspecified atom stereocenters. The highest BCUT2D eigenvalue weighted by Crippen LogP contribution is 2.21. The topological polar surface area (TPSA) is 39.1 Å². The minimum absolute atomic E-state index is 0.245. The molecule has 0 radical (unpaired) electrons. The van der Waals surface area contributed by atoms with Crippen molar-refractivity contribution in [3.8, 4) is 5.75 Å². The summed E-state index contributed by atoms with van der Waals surface area (Å²) in [7, 11) is 1.45. The van der Waals surface area contributed by atoms with E-state index >= 15 is 0 Å². The fourth-order valence-electron chi connectivity index (χ4n) is 1.52. The molecule has 0 aliphatic heterocycles. The highest BCUT2D eigenvalue weighted by Gasteiger charge is 2.02. The van der Waals surface area contributed by atoms with Crippen molar-refractivity contribution in [1.82, 2.24) is 9.78 Å². The third-order valence-electron chi connectivity index (χ3n) is 2.38. The van der Waals surface area contributed by atoms with Gasteiger partial charge < -0.3 is 10.1 Å². The zero-order chi connectivity index (χ0) is 12.1. The molecule has 0 amide bonds. The van der Waals surface area contributed by atoms with Crippen LogP contribution in [0.3, 0.4) is 0 Å². The van der Waals surface area contributed by atoms with E-state index in [1.807, 2.05) is 16.9 Å². The van der Waals surface area contributed by atoms with Crippen LogP contribution in [0.4, 0.5) is 10.1 Å². The van der Waals surface area contributed by atoms with Gasteiger partial charge in [-0.05, 0) is 18.2 Å². The summed E-state index contributed by atoms with van der Waals surface area (Å²) >= 11 is 0. The number of hydrogen-bond donors (Lipinski definition) is 1. The molecule has 0 saturated heterocycles. The van der Waals surface area contributed by atoms with E-state index in [4.69, 9.17) is 4.74 Å². The number of nitrogens with one attached hydrogen (secondary N) is 1. The molecule has 0 saturated carbocycles. The van der Waals surface area contributed by atoms with Crippen molar-refractivity contribution in [1.29, 1.82) is 0 Å². The molecule has 0 bridgehead atoms. The number of benzene rings is 1. The van der Waals surface area contributed by atoms with Crippen molar-refractivity contribution >= 4 is 5.69 Å². The Morgan fingerprint density at radius 2 is 2.35 bits per heavy atom. The Bertz CT molecular complexity index is 471. The number of hydrogen-bond acceptors (Lipinski definition) is 3. The Labute approximate surface area is 99.0 Å². The lowest BCUT2D eigenvalue weighted by molar-refractivity contribution is 0.387. The number of rotatable bonds is 5. The smallest absolute Gasteiger partial charge is 0.165 e. The van der Waals surface area contributed by atoms with Crippen LogP contribution in [0.5, 0.6) is 5.75 Å². The van der Waals surface area contributed by atoms with Gasteiger partial charge >= 0.3 is 0 Å². The average molecular weight is 235 g/mol. The number of methoxy groups -OCH3 is 1. The third kappa shape index (κ3) is 2.96. The fourth-order valence-corrected chi connectivity index (χ4v) is 1.52. The predicted octanol–water partition coefficient (Wildman–Crippen LogP) is 2.14. The molecule has 5 heteroatoms. The molecular formula is C12H14FN3O. The van der Waals surface area contributed by atoms with Gasteiger partial charge in [0.25, 0.3) is 0 Å². The summed E-state index contributed by atoms with van der Waals surface area (Å²) in [5, 5.41) is 7.26.